The molecular formula is C13H8Cl3NO2S. The maximum absolute atomic E-state index is 12.6. The van der Waals surface area contributed by atoms with Gasteiger partial charge in [0, 0.05) is 5.02 Å². The van der Waals surface area contributed by atoms with Gasteiger partial charge in [-0.2, -0.15) is 0 Å². The van der Waals surface area contributed by atoms with Crippen molar-refractivity contribution in [2.24, 2.45) is 0 Å². The Kier molecular flexibility index (Phi) is 3.18. The van der Waals surface area contributed by atoms with Crippen LogP contribution < -0.4 is 5.32 Å². The lowest BCUT2D eigenvalue weighted by molar-refractivity contribution is 0.595. The van der Waals surface area contributed by atoms with Crippen molar-refractivity contribution in [1.29, 1.82) is 0 Å². The van der Waals surface area contributed by atoms with Crippen LogP contribution in [0.25, 0.3) is 0 Å². The van der Waals surface area contributed by atoms with Gasteiger partial charge in [0.1, 0.15) is 0 Å². The molecule has 1 aliphatic rings. The lowest BCUT2D eigenvalue weighted by atomic mass is 10.2. The molecule has 7 heteroatoms. The number of halogens is 3. The fourth-order valence-electron chi connectivity index (χ4n) is 2.18. The minimum Gasteiger partial charge on any atom is -0.353 e. The molecule has 0 spiro atoms. The molecule has 2 aromatic rings. The summed E-state index contributed by atoms with van der Waals surface area (Å²) in [6.45, 7) is 1.71. The van der Waals surface area contributed by atoms with E-state index in [1.54, 1.807) is 13.0 Å². The summed E-state index contributed by atoms with van der Waals surface area (Å²) in [6.07, 6.45) is 0. The topological polar surface area (TPSA) is 46.2 Å². The predicted octanol–water partition coefficient (Wildman–Crippen LogP) is 4.85. The van der Waals surface area contributed by atoms with Crippen LogP contribution in [0.2, 0.25) is 15.1 Å². The van der Waals surface area contributed by atoms with Crippen LogP contribution in [0.15, 0.2) is 34.1 Å². The van der Waals surface area contributed by atoms with Crippen molar-refractivity contribution in [2.75, 3.05) is 5.32 Å². The van der Waals surface area contributed by atoms with Crippen LogP contribution in [-0.4, -0.2) is 8.42 Å². The summed E-state index contributed by atoms with van der Waals surface area (Å²) >= 11 is 18.0. The largest absolute Gasteiger partial charge is 0.353 e. The first-order valence-electron chi connectivity index (χ1n) is 5.62. The fraction of sp³-hybridized carbons (Fsp3) is 0.0769. The van der Waals surface area contributed by atoms with Gasteiger partial charge in [-0.1, -0.05) is 34.8 Å². The van der Waals surface area contributed by atoms with Gasteiger partial charge in [0.15, 0.2) is 0 Å². The smallest absolute Gasteiger partial charge is 0.210 e. The molecule has 0 saturated carbocycles. The Hall–Kier alpha value is -0.940. The second kappa shape index (κ2) is 4.53. The average Bonchev–Trinajstić information content (AvgIpc) is 2.38. The Morgan fingerprint density at radius 2 is 1.75 bits per heavy atom. The van der Waals surface area contributed by atoms with Crippen LogP contribution in [0.5, 0.6) is 0 Å². The first-order chi connectivity index (χ1) is 9.32. The zero-order valence-electron chi connectivity index (χ0n) is 10.2. The number of rotatable bonds is 0. The molecule has 0 bridgehead atoms. The second-order valence-corrected chi connectivity index (χ2v) is 7.55. The van der Waals surface area contributed by atoms with Gasteiger partial charge in [-0.3, -0.25) is 0 Å². The number of sulfone groups is 1. The number of nitrogens with one attached hydrogen (secondary N) is 1. The Morgan fingerprint density at radius 3 is 2.45 bits per heavy atom. The highest BCUT2D eigenvalue weighted by atomic mass is 35.5. The molecular weight excluding hydrogens is 341 g/mol. The van der Waals surface area contributed by atoms with Gasteiger partial charge in [-0.05, 0) is 36.8 Å². The van der Waals surface area contributed by atoms with E-state index in [1.165, 1.54) is 18.2 Å². The zero-order chi connectivity index (χ0) is 14.7. The third-order valence-corrected chi connectivity index (χ3v) is 6.15. The van der Waals surface area contributed by atoms with Crippen LogP contribution in [-0.2, 0) is 9.84 Å². The first kappa shape index (κ1) is 14.0. The molecule has 1 N–H and O–H groups in total. The maximum atomic E-state index is 12.6. The number of hydrogen-bond acceptors (Lipinski definition) is 3. The molecule has 0 aliphatic carbocycles. The molecule has 3 rings (SSSR count). The van der Waals surface area contributed by atoms with Crippen molar-refractivity contribution < 1.29 is 8.42 Å². The molecule has 1 heterocycles. The van der Waals surface area contributed by atoms with E-state index < -0.39 is 9.84 Å². The lowest BCUT2D eigenvalue weighted by Gasteiger charge is -2.24. The average molecular weight is 349 g/mol. The van der Waals surface area contributed by atoms with E-state index in [-0.39, 0.29) is 14.8 Å². The van der Waals surface area contributed by atoms with Crippen molar-refractivity contribution in [3.8, 4) is 0 Å². The Bertz CT molecular complexity index is 847. The zero-order valence-corrected chi connectivity index (χ0v) is 13.3. The maximum Gasteiger partial charge on any atom is 0.210 e. The summed E-state index contributed by atoms with van der Waals surface area (Å²) in [7, 11) is -3.64. The number of benzene rings is 2. The molecule has 0 radical (unpaired) electrons. The summed E-state index contributed by atoms with van der Waals surface area (Å²) < 4.78 is 25.3. The number of fused-ring (bicyclic) bond motifs is 2. The Labute approximate surface area is 131 Å². The van der Waals surface area contributed by atoms with E-state index in [9.17, 15) is 8.42 Å². The van der Waals surface area contributed by atoms with Gasteiger partial charge in [0.2, 0.25) is 9.84 Å². The molecule has 3 nitrogen and oxygen atoms in total. The van der Waals surface area contributed by atoms with Crippen molar-refractivity contribution in [2.45, 2.75) is 16.7 Å². The highest BCUT2D eigenvalue weighted by molar-refractivity contribution is 7.92. The van der Waals surface area contributed by atoms with E-state index >= 15 is 0 Å². The predicted molar refractivity (Wildman–Crippen MR) is 81.4 cm³/mol. The summed E-state index contributed by atoms with van der Waals surface area (Å²) in [5, 5.41) is 4.06. The van der Waals surface area contributed by atoms with E-state index in [1.807, 2.05) is 0 Å². The van der Waals surface area contributed by atoms with Crippen LogP contribution in [0.3, 0.4) is 0 Å². The SMILES string of the molecule is Cc1c(Cl)c(Cl)cc2c1Nc1cc(Cl)ccc1S2(=O)=O. The van der Waals surface area contributed by atoms with Gasteiger partial charge in [0.05, 0.1) is 31.2 Å². The minimum atomic E-state index is -3.64. The van der Waals surface area contributed by atoms with Gasteiger partial charge in [0.25, 0.3) is 0 Å². The molecule has 0 amide bonds. The van der Waals surface area contributed by atoms with E-state index in [0.717, 1.165) is 0 Å². The quantitative estimate of drug-likeness (QED) is 0.632. The van der Waals surface area contributed by atoms with Gasteiger partial charge in [-0.15, -0.1) is 0 Å². The fourth-order valence-corrected chi connectivity index (χ4v) is 4.45. The molecule has 0 saturated heterocycles. The highest BCUT2D eigenvalue weighted by Gasteiger charge is 2.32. The van der Waals surface area contributed by atoms with Crippen molar-refractivity contribution in [3.05, 3.63) is 44.9 Å². The third-order valence-electron chi connectivity index (χ3n) is 3.20. The van der Waals surface area contributed by atoms with E-state index in [4.69, 9.17) is 34.8 Å². The summed E-state index contributed by atoms with van der Waals surface area (Å²) in [5.74, 6) is 0. The van der Waals surface area contributed by atoms with Crippen molar-refractivity contribution >= 4 is 56.0 Å². The number of anilines is 2. The normalized spacial score (nSPS) is 15.2. The lowest BCUT2D eigenvalue weighted by Crippen LogP contribution is -2.15. The molecule has 0 fully saturated rings. The number of hydrogen-bond donors (Lipinski definition) is 1. The standard InChI is InChI=1S/C13H8Cl3NO2S/c1-6-12(16)8(15)5-11-13(6)17-9-4-7(14)2-3-10(9)20(11,18)19/h2-5,17H,1H3. The van der Waals surface area contributed by atoms with Gasteiger partial charge in [-0.25, -0.2) is 8.42 Å². The van der Waals surface area contributed by atoms with E-state index in [2.05, 4.69) is 5.32 Å². The van der Waals surface area contributed by atoms with Crippen LogP contribution in [0.1, 0.15) is 5.56 Å². The first-order valence-corrected chi connectivity index (χ1v) is 8.24. The molecule has 2 aromatic carbocycles. The molecule has 0 atom stereocenters. The monoisotopic (exact) mass is 347 g/mol. The van der Waals surface area contributed by atoms with Crippen LogP contribution in [0, 0.1) is 6.92 Å². The minimum absolute atomic E-state index is 0.124. The van der Waals surface area contributed by atoms with Gasteiger partial charge >= 0.3 is 0 Å². The van der Waals surface area contributed by atoms with Crippen LogP contribution in [0.4, 0.5) is 11.4 Å². The molecule has 20 heavy (non-hydrogen) atoms. The highest BCUT2D eigenvalue weighted by Crippen LogP contribution is 2.45. The summed E-state index contributed by atoms with van der Waals surface area (Å²) in [6, 6.07) is 5.95. The van der Waals surface area contributed by atoms with E-state index in [0.29, 0.717) is 27.0 Å². The molecule has 0 unspecified atom stereocenters. The molecule has 0 aromatic heterocycles. The van der Waals surface area contributed by atoms with Crippen molar-refractivity contribution in [3.63, 3.8) is 0 Å². The molecule has 1 aliphatic heterocycles. The Morgan fingerprint density at radius 1 is 1.05 bits per heavy atom. The van der Waals surface area contributed by atoms with Crippen molar-refractivity contribution in [1.82, 2.24) is 0 Å². The third kappa shape index (κ3) is 1.91. The summed E-state index contributed by atoms with van der Waals surface area (Å²) in [5.41, 5.74) is 1.46. The van der Waals surface area contributed by atoms with Crippen LogP contribution >= 0.6 is 34.8 Å². The summed E-state index contributed by atoms with van der Waals surface area (Å²) in [4.78, 5) is 0.298. The Balaban J connectivity index is 2.39. The van der Waals surface area contributed by atoms with Gasteiger partial charge < -0.3 is 5.32 Å². The second-order valence-electron chi connectivity index (χ2n) is 4.44. The molecule has 104 valence electrons.